The van der Waals surface area contributed by atoms with Crippen LogP contribution < -0.4 is 10.6 Å². The van der Waals surface area contributed by atoms with Crippen molar-refractivity contribution in [3.05, 3.63) is 29.3 Å². The number of carbonyl (C=O) groups excluding carboxylic acids is 1. The molecule has 19 heavy (non-hydrogen) atoms. The Labute approximate surface area is 111 Å². The number of anilines is 1. The van der Waals surface area contributed by atoms with Crippen LogP contribution in [0.5, 0.6) is 0 Å². The molecule has 0 radical (unpaired) electrons. The molecule has 2 amide bonds. The fraction of sp³-hybridized carbons (Fsp3) is 0.385. The smallest absolute Gasteiger partial charge is 0.326 e. The first kappa shape index (κ1) is 15.0. The molecule has 1 rings (SSSR count). The highest BCUT2D eigenvalue weighted by molar-refractivity contribution is 5.93. The maximum Gasteiger partial charge on any atom is 0.326 e. The summed E-state index contributed by atoms with van der Waals surface area (Å²) in [5.74, 6) is -1.18. The van der Waals surface area contributed by atoms with E-state index in [-0.39, 0.29) is 13.0 Å². The van der Waals surface area contributed by atoms with Gasteiger partial charge in [-0.05, 0) is 25.0 Å². The fourth-order valence-electron chi connectivity index (χ4n) is 1.71. The van der Waals surface area contributed by atoms with Gasteiger partial charge in [0.2, 0.25) is 0 Å². The van der Waals surface area contributed by atoms with Gasteiger partial charge in [-0.15, -0.1) is 0 Å². The number of benzene rings is 1. The third-order valence-electron chi connectivity index (χ3n) is 2.74. The SMILES string of the molecule is Cc1cccc(C)c1NC(=O)N[C@H](CCO)C(=O)O. The van der Waals surface area contributed by atoms with Crippen LogP contribution in [0.25, 0.3) is 0 Å². The Morgan fingerprint density at radius 1 is 1.26 bits per heavy atom. The number of rotatable bonds is 5. The van der Waals surface area contributed by atoms with Crippen molar-refractivity contribution in [2.24, 2.45) is 0 Å². The summed E-state index contributed by atoms with van der Waals surface area (Å²) < 4.78 is 0. The molecule has 0 aliphatic heterocycles. The first-order valence-electron chi connectivity index (χ1n) is 5.93. The molecule has 0 bridgehead atoms. The first-order chi connectivity index (χ1) is 8.95. The van der Waals surface area contributed by atoms with Crippen molar-refractivity contribution in [1.82, 2.24) is 5.32 Å². The minimum atomic E-state index is -1.18. The zero-order valence-electron chi connectivity index (χ0n) is 10.9. The standard InChI is InChI=1S/C13H18N2O4/c1-8-4-3-5-9(2)11(8)15-13(19)14-10(6-7-16)12(17)18/h3-5,10,16H,6-7H2,1-2H3,(H,17,18)(H2,14,15,19)/t10-/m1/s1. The van der Waals surface area contributed by atoms with Crippen LogP contribution in [0.2, 0.25) is 0 Å². The van der Waals surface area contributed by atoms with Gasteiger partial charge < -0.3 is 20.8 Å². The molecule has 6 nitrogen and oxygen atoms in total. The molecule has 4 N–H and O–H groups in total. The maximum atomic E-state index is 11.7. The zero-order chi connectivity index (χ0) is 14.4. The molecule has 1 atom stereocenters. The normalized spacial score (nSPS) is 11.7. The van der Waals surface area contributed by atoms with E-state index in [4.69, 9.17) is 10.2 Å². The lowest BCUT2D eigenvalue weighted by Crippen LogP contribution is -2.43. The van der Waals surface area contributed by atoms with E-state index in [1.807, 2.05) is 32.0 Å². The Morgan fingerprint density at radius 2 is 1.84 bits per heavy atom. The lowest BCUT2D eigenvalue weighted by atomic mass is 10.1. The van der Waals surface area contributed by atoms with E-state index in [1.165, 1.54) is 0 Å². The molecule has 0 saturated carbocycles. The van der Waals surface area contributed by atoms with E-state index in [1.54, 1.807) is 0 Å². The minimum Gasteiger partial charge on any atom is -0.480 e. The molecule has 0 saturated heterocycles. The minimum absolute atomic E-state index is 0.0322. The van der Waals surface area contributed by atoms with Crippen molar-refractivity contribution in [2.75, 3.05) is 11.9 Å². The van der Waals surface area contributed by atoms with E-state index in [0.29, 0.717) is 5.69 Å². The van der Waals surface area contributed by atoms with Gasteiger partial charge in [-0.2, -0.15) is 0 Å². The number of hydrogen-bond acceptors (Lipinski definition) is 3. The Hall–Kier alpha value is -2.08. The molecule has 0 heterocycles. The average molecular weight is 266 g/mol. The number of aliphatic hydroxyl groups is 1. The number of hydrogen-bond donors (Lipinski definition) is 4. The number of amides is 2. The van der Waals surface area contributed by atoms with Crippen LogP contribution in [0.4, 0.5) is 10.5 Å². The van der Waals surface area contributed by atoms with Gasteiger partial charge in [0.25, 0.3) is 0 Å². The molecule has 0 unspecified atom stereocenters. The summed E-state index contributed by atoms with van der Waals surface area (Å²) in [5, 5.41) is 22.6. The summed E-state index contributed by atoms with van der Waals surface area (Å²) in [5.41, 5.74) is 2.45. The van der Waals surface area contributed by atoms with Crippen molar-refractivity contribution < 1.29 is 19.8 Å². The molecule has 0 fully saturated rings. The molecule has 0 spiro atoms. The van der Waals surface area contributed by atoms with E-state index in [2.05, 4.69) is 10.6 Å². The summed E-state index contributed by atoms with van der Waals surface area (Å²) in [4.78, 5) is 22.6. The van der Waals surface area contributed by atoms with Crippen LogP contribution in [-0.2, 0) is 4.79 Å². The van der Waals surface area contributed by atoms with Crippen LogP contribution in [0, 0.1) is 13.8 Å². The summed E-state index contributed by atoms with van der Waals surface area (Å²) in [6.07, 6.45) is -0.0322. The largest absolute Gasteiger partial charge is 0.480 e. The molecule has 1 aromatic carbocycles. The predicted molar refractivity (Wildman–Crippen MR) is 71.2 cm³/mol. The summed E-state index contributed by atoms with van der Waals surface area (Å²) in [7, 11) is 0. The number of nitrogens with one attached hydrogen (secondary N) is 2. The molecular weight excluding hydrogens is 248 g/mol. The molecule has 6 heteroatoms. The lowest BCUT2D eigenvalue weighted by Gasteiger charge is -2.16. The lowest BCUT2D eigenvalue weighted by molar-refractivity contribution is -0.139. The molecule has 1 aromatic rings. The second kappa shape index (κ2) is 6.75. The Bertz CT molecular complexity index is 453. The van der Waals surface area contributed by atoms with Crippen LogP contribution in [0.3, 0.4) is 0 Å². The second-order valence-electron chi connectivity index (χ2n) is 4.27. The van der Waals surface area contributed by atoms with E-state index in [9.17, 15) is 9.59 Å². The van der Waals surface area contributed by atoms with Gasteiger partial charge in [-0.3, -0.25) is 0 Å². The van der Waals surface area contributed by atoms with Crippen molar-refractivity contribution in [1.29, 1.82) is 0 Å². The topological polar surface area (TPSA) is 98.7 Å². The van der Waals surface area contributed by atoms with E-state index >= 15 is 0 Å². The van der Waals surface area contributed by atoms with Crippen molar-refractivity contribution >= 4 is 17.7 Å². The van der Waals surface area contributed by atoms with Gasteiger partial charge in [0.15, 0.2) is 0 Å². The third kappa shape index (κ3) is 4.26. The van der Waals surface area contributed by atoms with Gasteiger partial charge in [-0.1, -0.05) is 18.2 Å². The first-order valence-corrected chi connectivity index (χ1v) is 5.93. The summed E-state index contributed by atoms with van der Waals surface area (Å²) in [6.45, 7) is 3.40. The fourth-order valence-corrected chi connectivity index (χ4v) is 1.71. The highest BCUT2D eigenvalue weighted by Crippen LogP contribution is 2.19. The third-order valence-corrected chi connectivity index (χ3v) is 2.74. The van der Waals surface area contributed by atoms with Gasteiger partial charge >= 0.3 is 12.0 Å². The molecule has 0 aliphatic carbocycles. The van der Waals surface area contributed by atoms with E-state index < -0.39 is 18.0 Å². The quantitative estimate of drug-likeness (QED) is 0.644. The monoisotopic (exact) mass is 266 g/mol. The number of para-hydroxylation sites is 1. The van der Waals surface area contributed by atoms with Crippen LogP contribution in [0.1, 0.15) is 17.5 Å². The number of carbonyl (C=O) groups is 2. The van der Waals surface area contributed by atoms with Crippen molar-refractivity contribution in [2.45, 2.75) is 26.3 Å². The Balaban J connectivity index is 2.72. The highest BCUT2D eigenvalue weighted by Gasteiger charge is 2.19. The zero-order valence-corrected chi connectivity index (χ0v) is 10.9. The van der Waals surface area contributed by atoms with Crippen molar-refractivity contribution in [3.63, 3.8) is 0 Å². The molecular formula is C13H18N2O4. The van der Waals surface area contributed by atoms with Crippen LogP contribution in [0.15, 0.2) is 18.2 Å². The van der Waals surface area contributed by atoms with Crippen LogP contribution >= 0.6 is 0 Å². The summed E-state index contributed by atoms with van der Waals surface area (Å²) >= 11 is 0. The number of aryl methyl sites for hydroxylation is 2. The summed E-state index contributed by atoms with van der Waals surface area (Å²) in [6, 6.07) is 3.88. The van der Waals surface area contributed by atoms with Gasteiger partial charge in [-0.25, -0.2) is 9.59 Å². The predicted octanol–water partition coefficient (Wildman–Crippen LogP) is 1.26. The second-order valence-corrected chi connectivity index (χ2v) is 4.27. The molecule has 0 aromatic heterocycles. The van der Waals surface area contributed by atoms with E-state index in [0.717, 1.165) is 11.1 Å². The van der Waals surface area contributed by atoms with Gasteiger partial charge in [0.05, 0.1) is 0 Å². The highest BCUT2D eigenvalue weighted by atomic mass is 16.4. The Kier molecular flexibility index (Phi) is 5.32. The maximum absolute atomic E-state index is 11.7. The Morgan fingerprint density at radius 3 is 2.32 bits per heavy atom. The van der Waals surface area contributed by atoms with Crippen LogP contribution in [-0.4, -0.2) is 34.9 Å². The number of carboxylic acids is 1. The van der Waals surface area contributed by atoms with Gasteiger partial charge in [0.1, 0.15) is 6.04 Å². The number of carboxylic acid groups (broad SMARTS) is 1. The van der Waals surface area contributed by atoms with Crippen molar-refractivity contribution in [3.8, 4) is 0 Å². The number of aliphatic carboxylic acids is 1. The molecule has 104 valence electrons. The average Bonchev–Trinajstić information content (AvgIpc) is 2.33. The number of aliphatic hydroxyl groups excluding tert-OH is 1. The number of urea groups is 1. The van der Waals surface area contributed by atoms with Gasteiger partial charge in [0, 0.05) is 18.7 Å². The molecule has 0 aliphatic rings.